The van der Waals surface area contributed by atoms with Crippen LogP contribution in [0.1, 0.15) is 50.8 Å². The van der Waals surface area contributed by atoms with Crippen molar-refractivity contribution in [2.45, 2.75) is 45.8 Å². The summed E-state index contributed by atoms with van der Waals surface area (Å²) in [6, 6.07) is 6.22. The van der Waals surface area contributed by atoms with E-state index in [4.69, 9.17) is 4.74 Å². The Kier molecular flexibility index (Phi) is 6.37. The fraction of sp³-hybridized carbons (Fsp3) is 0.500. The van der Waals surface area contributed by atoms with Crippen LogP contribution >= 0.6 is 0 Å². The van der Waals surface area contributed by atoms with Crippen LogP contribution in [0.3, 0.4) is 0 Å². The normalized spacial score (nSPS) is 13.6. The molecule has 0 bridgehead atoms. The number of rotatable bonds is 6. The van der Waals surface area contributed by atoms with Gasteiger partial charge in [-0.15, -0.1) is 0 Å². The minimum atomic E-state index is -1.14. The third-order valence-electron chi connectivity index (χ3n) is 3.16. The highest BCUT2D eigenvalue weighted by molar-refractivity contribution is 5.84. The van der Waals surface area contributed by atoms with E-state index in [1.807, 2.05) is 12.1 Å². The molecule has 1 aromatic rings. The fourth-order valence-corrected chi connectivity index (χ4v) is 1.99. The van der Waals surface area contributed by atoms with Gasteiger partial charge in [-0.2, -0.15) is 0 Å². The molecule has 0 radical (unpaired) electrons. The van der Waals surface area contributed by atoms with Crippen LogP contribution in [0.5, 0.6) is 0 Å². The minimum Gasteiger partial charge on any atom is -0.464 e. The average Bonchev–Trinajstić information content (AvgIpc) is 2.44. The molecule has 0 saturated carbocycles. The quantitative estimate of drug-likeness (QED) is 0.786. The summed E-state index contributed by atoms with van der Waals surface area (Å²) in [7, 11) is 0. The molecule has 0 aliphatic carbocycles. The van der Waals surface area contributed by atoms with Gasteiger partial charge in [0.1, 0.15) is 6.10 Å². The van der Waals surface area contributed by atoms with Crippen LogP contribution in [0, 0.1) is 0 Å². The zero-order valence-corrected chi connectivity index (χ0v) is 12.9. The van der Waals surface area contributed by atoms with E-state index in [0.29, 0.717) is 11.5 Å². The summed E-state index contributed by atoms with van der Waals surface area (Å²) < 4.78 is 4.90. The van der Waals surface area contributed by atoms with Gasteiger partial charge in [0.05, 0.1) is 6.61 Å². The molecule has 116 valence electrons. The number of aliphatic hydroxyl groups is 1. The summed E-state index contributed by atoms with van der Waals surface area (Å²) in [5.74, 6) is -0.661. The lowest BCUT2D eigenvalue weighted by Crippen LogP contribution is -2.45. The lowest BCUT2D eigenvalue weighted by molar-refractivity contribution is -0.150. The van der Waals surface area contributed by atoms with Crippen LogP contribution in [0.15, 0.2) is 24.3 Å². The van der Waals surface area contributed by atoms with E-state index in [1.165, 1.54) is 6.92 Å². The molecule has 5 nitrogen and oxygen atoms in total. The number of hydrogen-bond acceptors (Lipinski definition) is 4. The van der Waals surface area contributed by atoms with Crippen LogP contribution in [-0.4, -0.2) is 29.6 Å². The molecular formula is C16H23NO4. The zero-order valence-electron chi connectivity index (χ0n) is 12.9. The van der Waals surface area contributed by atoms with Crippen LogP contribution in [0.2, 0.25) is 0 Å². The molecule has 5 heteroatoms. The number of aliphatic hydroxyl groups excluding tert-OH is 1. The van der Waals surface area contributed by atoms with Crippen molar-refractivity contribution < 1.29 is 19.4 Å². The van der Waals surface area contributed by atoms with Crippen LogP contribution in [0.25, 0.3) is 0 Å². The maximum absolute atomic E-state index is 11.9. The average molecular weight is 293 g/mol. The molecule has 2 N–H and O–H groups in total. The summed E-state index contributed by atoms with van der Waals surface area (Å²) in [6.45, 7) is 7.30. The lowest BCUT2D eigenvalue weighted by Gasteiger charge is -2.22. The van der Waals surface area contributed by atoms with E-state index < -0.39 is 24.0 Å². The second-order valence-electron chi connectivity index (χ2n) is 5.20. The number of nitrogens with one attached hydrogen (secondary N) is 1. The molecule has 2 unspecified atom stereocenters. The van der Waals surface area contributed by atoms with Crippen molar-refractivity contribution in [2.24, 2.45) is 0 Å². The molecule has 0 spiro atoms. The molecule has 1 aromatic carbocycles. The highest BCUT2D eigenvalue weighted by atomic mass is 16.5. The Bertz CT molecular complexity index is 482. The van der Waals surface area contributed by atoms with Crippen LogP contribution in [0.4, 0.5) is 0 Å². The van der Waals surface area contributed by atoms with Gasteiger partial charge in [-0.25, -0.2) is 4.79 Å². The minimum absolute atomic E-state index is 0.188. The van der Waals surface area contributed by atoms with Gasteiger partial charge in [0.25, 0.3) is 0 Å². The molecule has 1 rings (SSSR count). The van der Waals surface area contributed by atoms with Crippen molar-refractivity contribution in [3.8, 4) is 0 Å². The predicted octanol–water partition coefficient (Wildman–Crippen LogP) is 1.91. The van der Waals surface area contributed by atoms with Crippen LogP contribution in [-0.2, 0) is 14.3 Å². The largest absolute Gasteiger partial charge is 0.464 e. The second kappa shape index (κ2) is 7.78. The molecule has 1 amide bonds. The van der Waals surface area contributed by atoms with Crippen molar-refractivity contribution in [2.75, 3.05) is 6.61 Å². The first-order valence-electron chi connectivity index (χ1n) is 7.08. The SMILES string of the molecule is CCOC(=O)C(NC(C)=O)C(O)c1ccc(C(C)C)cc1. The van der Waals surface area contributed by atoms with E-state index in [0.717, 1.165) is 5.56 Å². The van der Waals surface area contributed by atoms with Crippen molar-refractivity contribution in [3.05, 3.63) is 35.4 Å². The van der Waals surface area contributed by atoms with Gasteiger partial charge in [0, 0.05) is 6.92 Å². The molecule has 0 heterocycles. The number of benzene rings is 1. The Morgan fingerprint density at radius 3 is 2.14 bits per heavy atom. The third kappa shape index (κ3) is 4.86. The maximum atomic E-state index is 11.9. The monoisotopic (exact) mass is 293 g/mol. The number of ether oxygens (including phenoxy) is 1. The van der Waals surface area contributed by atoms with E-state index >= 15 is 0 Å². The first-order valence-corrected chi connectivity index (χ1v) is 7.08. The fourth-order valence-electron chi connectivity index (χ4n) is 1.99. The Morgan fingerprint density at radius 2 is 1.71 bits per heavy atom. The molecular weight excluding hydrogens is 270 g/mol. The summed E-state index contributed by atoms with van der Waals surface area (Å²) in [4.78, 5) is 23.1. The van der Waals surface area contributed by atoms with Gasteiger partial charge in [-0.05, 0) is 24.0 Å². The van der Waals surface area contributed by atoms with Crippen LogP contribution < -0.4 is 5.32 Å². The van der Waals surface area contributed by atoms with Gasteiger partial charge in [-0.3, -0.25) is 4.79 Å². The van der Waals surface area contributed by atoms with Crippen molar-refractivity contribution in [3.63, 3.8) is 0 Å². The van der Waals surface area contributed by atoms with Crippen molar-refractivity contribution in [1.29, 1.82) is 0 Å². The highest BCUT2D eigenvalue weighted by Gasteiger charge is 2.30. The highest BCUT2D eigenvalue weighted by Crippen LogP contribution is 2.21. The topological polar surface area (TPSA) is 75.6 Å². The Morgan fingerprint density at radius 1 is 1.19 bits per heavy atom. The number of carbonyl (C=O) groups is 2. The van der Waals surface area contributed by atoms with Gasteiger partial charge in [0.2, 0.25) is 5.91 Å². The number of hydrogen-bond donors (Lipinski definition) is 2. The number of carbonyl (C=O) groups excluding carboxylic acids is 2. The summed E-state index contributed by atoms with van der Waals surface area (Å²) in [5, 5.41) is 12.8. The second-order valence-corrected chi connectivity index (χ2v) is 5.20. The molecule has 0 aliphatic rings. The molecule has 0 aliphatic heterocycles. The first-order chi connectivity index (χ1) is 9.86. The van der Waals surface area contributed by atoms with E-state index in [9.17, 15) is 14.7 Å². The molecule has 0 aromatic heterocycles. The maximum Gasteiger partial charge on any atom is 0.331 e. The Balaban J connectivity index is 2.95. The lowest BCUT2D eigenvalue weighted by atomic mass is 9.97. The molecule has 2 atom stereocenters. The summed E-state index contributed by atoms with van der Waals surface area (Å²) >= 11 is 0. The number of amides is 1. The Hall–Kier alpha value is -1.88. The van der Waals surface area contributed by atoms with E-state index in [2.05, 4.69) is 19.2 Å². The van der Waals surface area contributed by atoms with E-state index in [1.54, 1.807) is 19.1 Å². The Labute approximate surface area is 125 Å². The van der Waals surface area contributed by atoms with Gasteiger partial charge >= 0.3 is 5.97 Å². The molecule has 0 saturated heterocycles. The van der Waals surface area contributed by atoms with Gasteiger partial charge in [0.15, 0.2) is 6.04 Å². The van der Waals surface area contributed by atoms with E-state index in [-0.39, 0.29) is 6.61 Å². The summed E-state index contributed by atoms with van der Waals surface area (Å²) in [6.07, 6.45) is -1.14. The smallest absolute Gasteiger partial charge is 0.331 e. The van der Waals surface area contributed by atoms with Crippen molar-refractivity contribution >= 4 is 11.9 Å². The standard InChI is InChI=1S/C16H23NO4/c1-5-21-16(20)14(17-11(4)18)15(19)13-8-6-12(7-9-13)10(2)3/h6-10,14-15,19H,5H2,1-4H3,(H,17,18). The third-order valence-corrected chi connectivity index (χ3v) is 3.16. The van der Waals surface area contributed by atoms with Gasteiger partial charge in [-0.1, -0.05) is 38.1 Å². The van der Waals surface area contributed by atoms with Gasteiger partial charge < -0.3 is 15.2 Å². The zero-order chi connectivity index (χ0) is 16.0. The molecule has 0 fully saturated rings. The van der Waals surface area contributed by atoms with Crippen molar-refractivity contribution in [1.82, 2.24) is 5.32 Å². The first kappa shape index (κ1) is 17.2. The predicted molar refractivity (Wildman–Crippen MR) is 79.7 cm³/mol. The summed E-state index contributed by atoms with van der Waals surface area (Å²) in [5.41, 5.74) is 1.70. The molecule has 21 heavy (non-hydrogen) atoms. The number of esters is 1.